The number of phenolic OH excluding ortho intramolecular Hbond substituents is 3. The molecule has 8 amide bonds. The summed E-state index contributed by atoms with van der Waals surface area (Å²) in [7, 11) is 1.82. The molecular formula is C99H121Cl2N13O28P+. The fourth-order valence-corrected chi connectivity index (χ4v) is 24.3. The topological polar surface area (TPSA) is 571 Å². The molecule has 0 saturated carbocycles. The van der Waals surface area contributed by atoms with Crippen LogP contribution in [0, 0.1) is 0 Å². The summed E-state index contributed by atoms with van der Waals surface area (Å²) in [5, 5.41) is 153. The molecule has 0 radical (unpaired) electrons. The van der Waals surface area contributed by atoms with E-state index in [4.69, 9.17) is 60.9 Å². The number of nitrogens with one attached hydrogen (secondary N) is 9. The Hall–Kier alpha value is -11.6. The number of phenols is 3. The van der Waals surface area contributed by atoms with Gasteiger partial charge in [0.15, 0.2) is 29.1 Å². The summed E-state index contributed by atoms with van der Waals surface area (Å²) in [5.41, 5.74) is -2.25. The Morgan fingerprint density at radius 1 is 0.538 bits per heavy atom. The van der Waals surface area contributed by atoms with Gasteiger partial charge in [-0.2, -0.15) is 0 Å². The molecule has 7 aromatic rings. The number of carboxylic acid groups (broad SMARTS) is 1. The van der Waals surface area contributed by atoms with Gasteiger partial charge in [0.25, 0.3) is 0 Å². The quantitative estimate of drug-likeness (QED) is 0.0191. The first kappa shape index (κ1) is 104. The van der Waals surface area contributed by atoms with Crippen molar-refractivity contribution in [3.63, 3.8) is 0 Å². The average molecular weight is 2040 g/mol. The highest BCUT2D eigenvalue weighted by Gasteiger charge is 2.63. The largest absolute Gasteiger partial charge is 0.508 e. The van der Waals surface area contributed by atoms with Crippen molar-refractivity contribution < 1.29 is 137 Å². The van der Waals surface area contributed by atoms with Crippen molar-refractivity contribution in [3.8, 4) is 80.1 Å². The van der Waals surface area contributed by atoms with Crippen molar-refractivity contribution in [2.75, 3.05) is 80.1 Å². The standard InChI is InChI=1S/C99H120Cl2N13O28P/c1-5-6-7-8-9-10-11-12-20-72(119)105-81-84(122)86(124)89(97(133)134)141-98(81)140-88-69-43-54-44-70(88)137-65-30-25-53(41-61(65)100)82(120)80-96(132)109-78(91(127)103-31-19-32-111(3)4)59-45-55(116)46-67(138-99-87(125)85(123)83(121)71(49-115)139-99)73(59)58-40-51(23-28-63(58)117)76(93(129)110-80)106-94(130)77(54)107-95(131)79-60-47-57(48-68(74(60)101)142-143(112-33-13-14-34-112,113-35-15-16-36-113)114-37-17-18-38-114)136-66-42-52(24-29-64(66)118)75(102-2)92(128)104-62(90(126)108-79)39-50-21-26-56(135-69)27-22-50/h21-30,40-48,62,71,75-87,89,98-99,102,115,120-125H,5-20,31-39,49H2,1-4H3,(H11-,103,104,105,106,107,108,109,110,116,117,118,119,126,127,128,129,130,131,132,133,134)/p+1/t62-,71-,75+,76-,77-,78-,79+,80+,81-,82-,83-,84-,85+,86+,87+,89+,98-,99+/m1/s1. The van der Waals surface area contributed by atoms with Crippen LogP contribution in [-0.4, -0.2) is 282 Å². The molecule has 0 aliphatic carbocycles. The molecule has 143 heavy (non-hydrogen) atoms. The molecule has 17 bridgehead atoms. The lowest BCUT2D eigenvalue weighted by Gasteiger charge is -2.41. The Labute approximate surface area is 834 Å². The second kappa shape index (κ2) is 45.8. The van der Waals surface area contributed by atoms with Crippen LogP contribution in [0.5, 0.6) is 69.0 Å². The number of fused-ring (bicyclic) bond motifs is 14. The number of hydrogen-bond donors (Lipinski definition) is 20. The van der Waals surface area contributed by atoms with Crippen LogP contribution in [-0.2, 0) is 59.0 Å². The van der Waals surface area contributed by atoms with Crippen LogP contribution < -0.4 is 76.1 Å². The smallest absolute Gasteiger partial charge is 0.417 e. The van der Waals surface area contributed by atoms with Gasteiger partial charge >= 0.3 is 13.9 Å². The highest BCUT2D eigenvalue weighted by atomic mass is 35.5. The molecule has 18 atom stereocenters. The van der Waals surface area contributed by atoms with Crippen LogP contribution in [0.2, 0.25) is 10.0 Å². The van der Waals surface area contributed by atoms with E-state index in [-0.39, 0.29) is 69.7 Å². The normalized spacial score (nSPS) is 26.5. The fraction of sp³-hybridized carbons (Fsp3) is 0.485. The van der Waals surface area contributed by atoms with Crippen molar-refractivity contribution in [1.29, 1.82) is 0 Å². The number of carboxylic acids is 1. The number of aromatic hydroxyl groups is 3. The van der Waals surface area contributed by atoms with Gasteiger partial charge in [-0.1, -0.05) is 105 Å². The minimum absolute atomic E-state index is 0.0780. The summed E-state index contributed by atoms with van der Waals surface area (Å²) in [6.07, 6.45) is -9.76. The molecule has 5 fully saturated rings. The number of hydrogen-bond acceptors (Lipinski definition) is 32. The molecule has 11 heterocycles. The van der Waals surface area contributed by atoms with E-state index in [2.05, 4.69) is 68.8 Å². The summed E-state index contributed by atoms with van der Waals surface area (Å²) in [6.45, 7) is 5.14. The Balaban J connectivity index is 0.934. The third-order valence-electron chi connectivity index (χ3n) is 27.1. The number of aliphatic hydroxyl groups is 7. The zero-order valence-corrected chi connectivity index (χ0v) is 81.5. The molecule has 5 saturated heterocycles. The van der Waals surface area contributed by atoms with Crippen molar-refractivity contribution in [2.24, 2.45) is 0 Å². The number of halogens is 2. The number of aliphatic hydroxyl groups excluding tert-OH is 7. The molecule has 11 aliphatic heterocycles. The maximum absolute atomic E-state index is 17.4. The maximum Gasteiger partial charge on any atom is 0.417 e. The minimum atomic E-state index is -3.22. The molecule has 0 unspecified atom stereocenters. The predicted molar refractivity (Wildman–Crippen MR) is 516 cm³/mol. The number of likely N-dealkylation sites (N-methyl/N-ethyl adjacent to an activating group) is 1. The lowest BCUT2D eigenvalue weighted by Crippen LogP contribution is -2.66. The lowest BCUT2D eigenvalue weighted by molar-refractivity contribution is -0.277. The molecule has 7 aromatic carbocycles. The predicted octanol–water partition coefficient (Wildman–Crippen LogP) is 6.56. The first-order valence-corrected chi connectivity index (χ1v) is 50.6. The monoisotopic (exact) mass is 2040 g/mol. The van der Waals surface area contributed by atoms with Gasteiger partial charge in [-0.15, -0.1) is 14.0 Å². The van der Waals surface area contributed by atoms with Gasteiger partial charge in [0, 0.05) is 87.5 Å². The number of benzene rings is 7. The van der Waals surface area contributed by atoms with E-state index in [1.165, 1.54) is 73.8 Å². The summed E-state index contributed by atoms with van der Waals surface area (Å²) < 4.78 is 60.6. The SMILES string of the molecule is CCCCCCCCCCC(=O)N[C@H]1[C@H](Oc2c3cc4cc2Oc2ccc(cc2Cl)[C@@H](O)[C@@H]2NC(=O)[C@H](NC(=O)[C@@H]4NC(=O)[C@H]4NC(=O)[C@@H](Cc5ccc(cc5)O3)NC(=O)[C@@H](NC)c3ccc(O)c(c3)Oc3cc(O[P+](N5CCCC5)(N5CCCC5)N5CCCC5)c(Cl)c4c3)c3ccc(O)c(c3)-c3c(O[C@H]4O[C@H](CO)[C@@H](O)[C@H](O)[C@@H]4O)cc(O)cc3[C@H](C(=O)NCCCN(C)C)NC2=O)O[C@H](C(=O)O)[C@@H](O)[C@@H]1O. The molecule has 768 valence electrons. The highest BCUT2D eigenvalue weighted by molar-refractivity contribution is 7.64. The summed E-state index contributed by atoms with van der Waals surface area (Å²) in [6, 6.07) is 7.41. The van der Waals surface area contributed by atoms with Crippen molar-refractivity contribution in [3.05, 3.63) is 164 Å². The van der Waals surface area contributed by atoms with Gasteiger partial charge < -0.3 is 142 Å². The molecule has 18 rings (SSSR count). The van der Waals surface area contributed by atoms with Crippen molar-refractivity contribution in [1.82, 2.24) is 66.8 Å². The average Bonchev–Trinajstić information content (AvgIpc) is 1.66. The number of unbranched alkanes of at least 4 members (excludes halogenated alkanes) is 7. The summed E-state index contributed by atoms with van der Waals surface area (Å²) in [5.74, 6) is -16.4. The number of carbonyl (C=O) groups excluding carboxylic acids is 8. The number of rotatable bonds is 27. The van der Waals surface area contributed by atoms with E-state index in [9.17, 15) is 65.8 Å². The second-order valence-electron chi connectivity index (χ2n) is 37.4. The van der Waals surface area contributed by atoms with Gasteiger partial charge in [0.05, 0.1) is 16.7 Å². The van der Waals surface area contributed by atoms with E-state index in [1.807, 2.05) is 4.90 Å². The van der Waals surface area contributed by atoms with Crippen LogP contribution in [0.4, 0.5) is 0 Å². The first-order valence-electron chi connectivity index (χ1n) is 48.3. The second-order valence-corrected chi connectivity index (χ2v) is 41.1. The third-order valence-corrected chi connectivity index (χ3v) is 31.7. The van der Waals surface area contributed by atoms with E-state index < -0.39 is 251 Å². The third kappa shape index (κ3) is 22.9. The van der Waals surface area contributed by atoms with Crippen LogP contribution in [0.1, 0.15) is 185 Å². The van der Waals surface area contributed by atoms with Gasteiger partial charge in [0.2, 0.25) is 71.3 Å². The zero-order chi connectivity index (χ0) is 102. The van der Waals surface area contributed by atoms with Crippen LogP contribution >= 0.6 is 31.1 Å². The Kier molecular flexibility index (Phi) is 33.4. The van der Waals surface area contributed by atoms with Crippen molar-refractivity contribution in [2.45, 2.75) is 226 Å². The van der Waals surface area contributed by atoms with Gasteiger partial charge in [0.1, 0.15) is 126 Å². The maximum atomic E-state index is 17.4. The number of carbonyl (C=O) groups is 9. The van der Waals surface area contributed by atoms with E-state index in [1.54, 1.807) is 14.1 Å². The van der Waals surface area contributed by atoms with Gasteiger partial charge in [-0.05, 0) is 185 Å². The van der Waals surface area contributed by atoms with Crippen LogP contribution in [0.15, 0.2) is 115 Å². The number of amides is 8. The molecule has 20 N–H and O–H groups in total. The Morgan fingerprint density at radius 2 is 1.15 bits per heavy atom. The molecule has 44 heteroatoms. The van der Waals surface area contributed by atoms with E-state index in [0.717, 1.165) is 126 Å². The summed E-state index contributed by atoms with van der Waals surface area (Å²) >= 11 is 15.5. The van der Waals surface area contributed by atoms with E-state index >= 15 is 33.6 Å². The Bertz CT molecular complexity index is 5820. The number of nitrogens with zero attached hydrogens (tertiary/aromatic N) is 4. The van der Waals surface area contributed by atoms with Gasteiger partial charge in [-0.25, -0.2) is 4.79 Å². The first-order chi connectivity index (χ1) is 68.7. The van der Waals surface area contributed by atoms with Crippen molar-refractivity contribution >= 4 is 84.4 Å². The minimum Gasteiger partial charge on any atom is -0.508 e. The van der Waals surface area contributed by atoms with E-state index in [0.29, 0.717) is 70.6 Å². The Morgan fingerprint density at radius 3 is 1.80 bits per heavy atom. The van der Waals surface area contributed by atoms with Crippen LogP contribution in [0.25, 0.3) is 11.1 Å². The molecular weight excluding hydrogens is 1920 g/mol. The van der Waals surface area contributed by atoms with Gasteiger partial charge in [-0.3, -0.25) is 42.9 Å². The molecule has 11 aliphatic rings. The highest BCUT2D eigenvalue weighted by Crippen LogP contribution is 2.71. The zero-order valence-electron chi connectivity index (χ0n) is 79.1. The fourth-order valence-electron chi connectivity index (χ4n) is 19.6. The molecule has 0 spiro atoms. The number of aliphatic carboxylic acids is 1. The lowest BCUT2D eigenvalue weighted by atomic mass is 9.89. The number of ether oxygens (including phenoxy) is 7. The summed E-state index contributed by atoms with van der Waals surface area (Å²) in [4.78, 5) is 144. The molecule has 41 nitrogen and oxygen atoms in total. The molecule has 0 aromatic heterocycles. The van der Waals surface area contributed by atoms with Crippen LogP contribution in [0.3, 0.4) is 0 Å².